The molecule has 0 aliphatic rings. The van der Waals surface area contributed by atoms with E-state index in [1.807, 2.05) is 0 Å². The summed E-state index contributed by atoms with van der Waals surface area (Å²) in [5.74, 6) is -1.38. The topological polar surface area (TPSA) is 132 Å². The van der Waals surface area contributed by atoms with E-state index in [0.29, 0.717) is 11.3 Å². The monoisotopic (exact) mass is 586 g/mol. The van der Waals surface area contributed by atoms with Crippen molar-refractivity contribution in [2.75, 3.05) is 20.2 Å². The fraction of sp³-hybridized carbons (Fsp3) is 0.190. The molecule has 2 N–H and O–H groups in total. The molecule has 0 saturated carbocycles. The van der Waals surface area contributed by atoms with E-state index in [1.54, 1.807) is 0 Å². The van der Waals surface area contributed by atoms with Gasteiger partial charge >= 0.3 is 11.8 Å². The van der Waals surface area contributed by atoms with Crippen molar-refractivity contribution >= 4 is 60.3 Å². The highest BCUT2D eigenvalue weighted by atomic mass is 79.9. The molecule has 2 heterocycles. The van der Waals surface area contributed by atoms with Gasteiger partial charge in [-0.2, -0.15) is 0 Å². The van der Waals surface area contributed by atoms with Crippen LogP contribution in [-0.2, 0) is 14.8 Å². The average Bonchev–Trinajstić information content (AvgIpc) is 3.26. The van der Waals surface area contributed by atoms with Gasteiger partial charge in [0.2, 0.25) is 10.0 Å². The zero-order chi connectivity index (χ0) is 25.3. The molecule has 0 spiro atoms. The number of alkyl carbamates (subject to hydrolysis) is 1. The number of aromatic nitrogens is 2. The van der Waals surface area contributed by atoms with Gasteiger partial charge in [0.25, 0.3) is 0 Å². The predicted molar refractivity (Wildman–Crippen MR) is 130 cm³/mol. The summed E-state index contributed by atoms with van der Waals surface area (Å²) in [6, 6.07) is 7.05. The highest BCUT2D eigenvalue weighted by Gasteiger charge is 2.26. The second-order valence-corrected chi connectivity index (χ2v) is 10.2. The number of imidazole rings is 1. The first-order valence-electron chi connectivity index (χ1n) is 10.0. The lowest BCUT2D eigenvalue weighted by Gasteiger charge is -2.11. The van der Waals surface area contributed by atoms with Crippen LogP contribution < -0.4 is 15.8 Å². The number of hydrogen-bond acceptors (Lipinski definition) is 7. The molecule has 4 aromatic rings. The Bertz CT molecular complexity index is 1620. The Morgan fingerprint density at radius 1 is 1.29 bits per heavy atom. The number of ether oxygens (including phenoxy) is 1. The summed E-state index contributed by atoms with van der Waals surface area (Å²) < 4.78 is 53.3. The van der Waals surface area contributed by atoms with E-state index in [2.05, 4.69) is 35.7 Å². The third kappa shape index (κ3) is 4.89. The quantitative estimate of drug-likeness (QED) is 0.315. The standard InChI is InChI=1S/C21H17BrClFN4O6S/c1-33-20(29)25-7-2-8-27-35(31,32)18-14(23)5-4-12-17(18)34-21(30)28-16(10-26-19(12)28)11-3-6-15(24)13(22)9-11/h3-6,9-10,27H,2,7-8H2,1H3,(H,25,29). The number of halogens is 3. The number of rotatable bonds is 7. The van der Waals surface area contributed by atoms with Gasteiger partial charge in [-0.1, -0.05) is 11.6 Å². The van der Waals surface area contributed by atoms with Gasteiger partial charge in [0.05, 0.1) is 33.9 Å². The first-order valence-corrected chi connectivity index (χ1v) is 12.7. The van der Waals surface area contributed by atoms with Gasteiger partial charge in [-0.25, -0.2) is 36.5 Å². The van der Waals surface area contributed by atoms with Gasteiger partial charge in [0.15, 0.2) is 11.2 Å². The fourth-order valence-corrected chi connectivity index (χ4v) is 5.53. The van der Waals surface area contributed by atoms with Crippen molar-refractivity contribution in [1.29, 1.82) is 0 Å². The van der Waals surface area contributed by atoms with Gasteiger partial charge in [0.1, 0.15) is 10.7 Å². The Kier molecular flexibility index (Phi) is 7.12. The number of amides is 1. The molecule has 2 aromatic heterocycles. The molecule has 4 rings (SSSR count). The van der Waals surface area contributed by atoms with E-state index in [9.17, 15) is 22.4 Å². The molecular weight excluding hydrogens is 571 g/mol. The minimum absolute atomic E-state index is 0.0293. The molecule has 1 amide bonds. The zero-order valence-electron chi connectivity index (χ0n) is 18.0. The summed E-state index contributed by atoms with van der Waals surface area (Å²) in [6.45, 7) is 0.142. The summed E-state index contributed by atoms with van der Waals surface area (Å²) >= 11 is 9.32. The van der Waals surface area contributed by atoms with E-state index in [4.69, 9.17) is 16.0 Å². The number of carbonyl (C=O) groups excluding carboxylic acids is 1. The predicted octanol–water partition coefficient (Wildman–Crippen LogP) is 3.69. The number of carbonyl (C=O) groups is 1. The summed E-state index contributed by atoms with van der Waals surface area (Å²) in [7, 11) is -2.99. The number of sulfonamides is 1. The minimum atomic E-state index is -4.21. The van der Waals surface area contributed by atoms with E-state index in [1.165, 1.54) is 43.6 Å². The van der Waals surface area contributed by atoms with Crippen molar-refractivity contribution in [3.05, 3.63) is 62.4 Å². The third-order valence-electron chi connectivity index (χ3n) is 5.02. The van der Waals surface area contributed by atoms with Crippen molar-refractivity contribution in [2.45, 2.75) is 11.3 Å². The molecule has 14 heteroatoms. The smallest absolute Gasteiger partial charge is 0.425 e. The average molecular weight is 588 g/mol. The Morgan fingerprint density at radius 3 is 2.77 bits per heavy atom. The highest BCUT2D eigenvalue weighted by molar-refractivity contribution is 9.10. The van der Waals surface area contributed by atoms with Crippen molar-refractivity contribution < 1.29 is 26.8 Å². The molecule has 0 fully saturated rings. The molecule has 0 aliphatic carbocycles. The number of nitrogens with one attached hydrogen (secondary N) is 2. The van der Waals surface area contributed by atoms with Crippen molar-refractivity contribution in [2.24, 2.45) is 0 Å². The maximum Gasteiger partial charge on any atom is 0.425 e. The highest BCUT2D eigenvalue weighted by Crippen LogP contribution is 2.33. The van der Waals surface area contributed by atoms with Crippen LogP contribution in [0.3, 0.4) is 0 Å². The van der Waals surface area contributed by atoms with Gasteiger partial charge in [-0.15, -0.1) is 0 Å². The van der Waals surface area contributed by atoms with E-state index < -0.39 is 32.6 Å². The second kappa shape index (κ2) is 9.93. The largest absolute Gasteiger partial charge is 0.453 e. The van der Waals surface area contributed by atoms with Crippen LogP contribution in [0.5, 0.6) is 0 Å². The van der Waals surface area contributed by atoms with Gasteiger partial charge in [-0.05, 0) is 52.7 Å². The SMILES string of the molecule is COC(=O)NCCCNS(=O)(=O)c1c(Cl)ccc2c1oc(=O)n1c(-c3ccc(F)c(Br)c3)cnc21. The van der Waals surface area contributed by atoms with Crippen LogP contribution in [0.1, 0.15) is 6.42 Å². The van der Waals surface area contributed by atoms with Crippen LogP contribution in [0, 0.1) is 5.82 Å². The van der Waals surface area contributed by atoms with Crippen LogP contribution in [0.2, 0.25) is 5.02 Å². The van der Waals surface area contributed by atoms with Crippen molar-refractivity contribution in [3.63, 3.8) is 0 Å². The molecule has 0 radical (unpaired) electrons. The van der Waals surface area contributed by atoms with Crippen LogP contribution in [0.25, 0.3) is 27.9 Å². The number of benzene rings is 2. The van der Waals surface area contributed by atoms with E-state index >= 15 is 0 Å². The summed E-state index contributed by atoms with van der Waals surface area (Å²) in [5, 5.41) is 2.51. The van der Waals surface area contributed by atoms with Crippen molar-refractivity contribution in [3.8, 4) is 11.3 Å². The number of hydrogen-bond donors (Lipinski definition) is 2. The molecular formula is C21H17BrClFN4O6S. The maximum atomic E-state index is 13.7. The van der Waals surface area contributed by atoms with E-state index in [-0.39, 0.29) is 45.6 Å². The maximum absolute atomic E-state index is 13.7. The van der Waals surface area contributed by atoms with E-state index in [0.717, 1.165) is 4.40 Å². The molecule has 0 atom stereocenters. The molecule has 10 nitrogen and oxygen atoms in total. The Hall–Kier alpha value is -3.00. The fourth-order valence-electron chi connectivity index (χ4n) is 3.41. The minimum Gasteiger partial charge on any atom is -0.453 e. The molecule has 0 saturated heterocycles. The third-order valence-corrected chi connectivity index (χ3v) is 7.58. The van der Waals surface area contributed by atoms with Gasteiger partial charge < -0.3 is 14.5 Å². The Morgan fingerprint density at radius 2 is 2.06 bits per heavy atom. The first kappa shape index (κ1) is 25.1. The lowest BCUT2D eigenvalue weighted by molar-refractivity contribution is 0.171. The molecule has 184 valence electrons. The summed E-state index contributed by atoms with van der Waals surface area (Å²) in [4.78, 5) is 27.9. The molecule has 0 aliphatic heterocycles. The zero-order valence-corrected chi connectivity index (χ0v) is 21.1. The lowest BCUT2D eigenvalue weighted by atomic mass is 10.1. The van der Waals surface area contributed by atoms with Gasteiger partial charge in [0, 0.05) is 18.7 Å². The normalized spacial score (nSPS) is 11.8. The van der Waals surface area contributed by atoms with Crippen LogP contribution in [0.4, 0.5) is 9.18 Å². The number of nitrogens with zero attached hydrogens (tertiary/aromatic N) is 2. The molecule has 2 aromatic carbocycles. The van der Waals surface area contributed by atoms with Crippen LogP contribution in [-0.4, -0.2) is 44.1 Å². The summed E-state index contributed by atoms with van der Waals surface area (Å²) in [5.41, 5.74) is 0.697. The second-order valence-electron chi connectivity index (χ2n) is 7.22. The molecule has 35 heavy (non-hydrogen) atoms. The molecule has 0 unspecified atom stereocenters. The van der Waals surface area contributed by atoms with Crippen LogP contribution >= 0.6 is 27.5 Å². The number of fused-ring (bicyclic) bond motifs is 3. The van der Waals surface area contributed by atoms with Crippen LogP contribution in [0.15, 0.2) is 55.1 Å². The molecule has 0 bridgehead atoms. The summed E-state index contributed by atoms with van der Waals surface area (Å²) in [6.07, 6.45) is 1.03. The Balaban J connectivity index is 1.75. The first-order chi connectivity index (χ1) is 16.6. The number of methoxy groups -OCH3 is 1. The van der Waals surface area contributed by atoms with Crippen molar-refractivity contribution in [1.82, 2.24) is 19.4 Å². The van der Waals surface area contributed by atoms with Gasteiger partial charge in [-0.3, -0.25) is 0 Å². The Labute approximate surface area is 211 Å². The lowest BCUT2D eigenvalue weighted by Crippen LogP contribution is -2.30.